The highest BCUT2D eigenvalue weighted by atomic mass is 32.1. The lowest BCUT2D eigenvalue weighted by Gasteiger charge is -2.16. The molecule has 0 aliphatic heterocycles. The SMILES string of the molecule is COCC(CNc1cccnc1C(N)=S)OC. The first kappa shape index (κ1) is 13.8. The Labute approximate surface area is 106 Å². The van der Waals surface area contributed by atoms with Crippen LogP contribution in [0.25, 0.3) is 0 Å². The molecule has 17 heavy (non-hydrogen) atoms. The number of rotatable bonds is 7. The second kappa shape index (κ2) is 7.16. The third-order valence-corrected chi connectivity index (χ3v) is 2.44. The zero-order valence-corrected chi connectivity index (χ0v) is 10.8. The monoisotopic (exact) mass is 255 g/mol. The van der Waals surface area contributed by atoms with Crippen LogP contribution in [0.1, 0.15) is 5.69 Å². The van der Waals surface area contributed by atoms with Gasteiger partial charge in [0.25, 0.3) is 0 Å². The van der Waals surface area contributed by atoms with Gasteiger partial charge in [0.15, 0.2) is 0 Å². The first-order chi connectivity index (χ1) is 8.19. The molecule has 0 saturated heterocycles. The number of pyridine rings is 1. The van der Waals surface area contributed by atoms with E-state index in [1.165, 1.54) is 0 Å². The van der Waals surface area contributed by atoms with Crippen LogP contribution in [0.15, 0.2) is 18.3 Å². The molecular formula is C11H17N3O2S. The number of hydrogen-bond donors (Lipinski definition) is 2. The van der Waals surface area contributed by atoms with E-state index in [1.54, 1.807) is 20.4 Å². The van der Waals surface area contributed by atoms with Gasteiger partial charge >= 0.3 is 0 Å². The average molecular weight is 255 g/mol. The molecule has 1 aromatic rings. The van der Waals surface area contributed by atoms with Gasteiger partial charge in [-0.3, -0.25) is 4.98 Å². The number of ether oxygens (including phenoxy) is 2. The highest BCUT2D eigenvalue weighted by Crippen LogP contribution is 2.12. The molecule has 0 spiro atoms. The van der Waals surface area contributed by atoms with Gasteiger partial charge in [-0.15, -0.1) is 0 Å². The number of thiocarbonyl (C=S) groups is 1. The van der Waals surface area contributed by atoms with Gasteiger partial charge in [-0.05, 0) is 12.1 Å². The van der Waals surface area contributed by atoms with Crippen molar-refractivity contribution in [2.45, 2.75) is 6.10 Å². The minimum absolute atomic E-state index is 0.0283. The summed E-state index contributed by atoms with van der Waals surface area (Å²) in [6, 6.07) is 3.70. The van der Waals surface area contributed by atoms with E-state index in [9.17, 15) is 0 Å². The van der Waals surface area contributed by atoms with Crippen LogP contribution >= 0.6 is 12.2 Å². The van der Waals surface area contributed by atoms with Gasteiger partial charge in [0.05, 0.1) is 18.4 Å². The largest absolute Gasteiger partial charge is 0.388 e. The summed E-state index contributed by atoms with van der Waals surface area (Å²) in [5.74, 6) is 0. The Morgan fingerprint density at radius 1 is 1.59 bits per heavy atom. The number of methoxy groups -OCH3 is 2. The predicted octanol–water partition coefficient (Wildman–Crippen LogP) is 0.789. The van der Waals surface area contributed by atoms with Crippen LogP contribution < -0.4 is 11.1 Å². The summed E-state index contributed by atoms with van der Waals surface area (Å²) < 4.78 is 10.3. The lowest BCUT2D eigenvalue weighted by Crippen LogP contribution is -2.27. The van der Waals surface area contributed by atoms with Crippen molar-refractivity contribution in [3.8, 4) is 0 Å². The maximum absolute atomic E-state index is 5.59. The maximum atomic E-state index is 5.59. The Hall–Kier alpha value is -1.24. The Balaban J connectivity index is 2.65. The lowest BCUT2D eigenvalue weighted by molar-refractivity contribution is 0.0365. The van der Waals surface area contributed by atoms with Crippen LogP contribution in [0.4, 0.5) is 5.69 Å². The molecule has 0 fully saturated rings. The van der Waals surface area contributed by atoms with Crippen molar-refractivity contribution in [3.05, 3.63) is 24.0 Å². The minimum atomic E-state index is -0.0283. The van der Waals surface area contributed by atoms with Crippen LogP contribution in [0.2, 0.25) is 0 Å². The minimum Gasteiger partial charge on any atom is -0.388 e. The van der Waals surface area contributed by atoms with E-state index in [1.807, 2.05) is 12.1 Å². The Bertz CT molecular complexity index is 373. The summed E-state index contributed by atoms with van der Waals surface area (Å²) in [4.78, 5) is 4.40. The molecule has 1 aromatic heterocycles. The molecule has 1 rings (SSSR count). The third-order valence-electron chi connectivity index (χ3n) is 2.25. The summed E-state index contributed by atoms with van der Waals surface area (Å²) in [7, 11) is 3.28. The van der Waals surface area contributed by atoms with Crippen LogP contribution in [-0.4, -0.2) is 43.4 Å². The predicted molar refractivity (Wildman–Crippen MR) is 71.3 cm³/mol. The average Bonchev–Trinajstić information content (AvgIpc) is 2.34. The molecule has 1 atom stereocenters. The fourth-order valence-corrected chi connectivity index (χ4v) is 1.53. The van der Waals surface area contributed by atoms with Gasteiger partial charge in [0, 0.05) is 27.0 Å². The number of nitrogens with zero attached hydrogens (tertiary/aromatic N) is 1. The molecule has 0 bridgehead atoms. The molecular weight excluding hydrogens is 238 g/mol. The Morgan fingerprint density at radius 2 is 2.35 bits per heavy atom. The second-order valence-electron chi connectivity index (χ2n) is 3.46. The van der Waals surface area contributed by atoms with E-state index in [4.69, 9.17) is 27.4 Å². The van der Waals surface area contributed by atoms with Crippen molar-refractivity contribution in [2.75, 3.05) is 32.7 Å². The number of hydrogen-bond acceptors (Lipinski definition) is 5. The summed E-state index contributed by atoms with van der Waals surface area (Å²) in [6.45, 7) is 1.12. The van der Waals surface area contributed by atoms with Crippen LogP contribution in [0, 0.1) is 0 Å². The molecule has 1 heterocycles. The van der Waals surface area contributed by atoms with E-state index < -0.39 is 0 Å². The molecule has 94 valence electrons. The van der Waals surface area contributed by atoms with E-state index in [0.717, 1.165) is 5.69 Å². The quantitative estimate of drug-likeness (QED) is 0.702. The Morgan fingerprint density at radius 3 is 2.94 bits per heavy atom. The molecule has 1 unspecified atom stereocenters. The lowest BCUT2D eigenvalue weighted by atomic mass is 10.2. The Kier molecular flexibility index (Phi) is 5.82. The number of aromatic nitrogens is 1. The first-order valence-electron chi connectivity index (χ1n) is 5.19. The molecule has 0 aliphatic carbocycles. The zero-order valence-electron chi connectivity index (χ0n) is 9.97. The summed E-state index contributed by atoms with van der Waals surface area (Å²) in [5.41, 5.74) is 6.98. The van der Waals surface area contributed by atoms with Crippen LogP contribution in [0.3, 0.4) is 0 Å². The molecule has 0 amide bonds. The number of nitrogens with one attached hydrogen (secondary N) is 1. The molecule has 5 nitrogen and oxygen atoms in total. The van der Waals surface area contributed by atoms with E-state index in [-0.39, 0.29) is 11.1 Å². The van der Waals surface area contributed by atoms with Crippen molar-refractivity contribution >= 4 is 22.9 Å². The van der Waals surface area contributed by atoms with E-state index >= 15 is 0 Å². The maximum Gasteiger partial charge on any atom is 0.124 e. The smallest absolute Gasteiger partial charge is 0.124 e. The third kappa shape index (κ3) is 4.26. The molecule has 0 aromatic carbocycles. The van der Waals surface area contributed by atoms with Crippen molar-refractivity contribution in [1.29, 1.82) is 0 Å². The first-order valence-corrected chi connectivity index (χ1v) is 5.60. The van der Waals surface area contributed by atoms with Crippen LogP contribution in [0.5, 0.6) is 0 Å². The fourth-order valence-electron chi connectivity index (χ4n) is 1.36. The highest BCUT2D eigenvalue weighted by Gasteiger charge is 2.09. The summed E-state index contributed by atoms with van der Waals surface area (Å²) in [6.07, 6.45) is 1.63. The van der Waals surface area contributed by atoms with Crippen molar-refractivity contribution < 1.29 is 9.47 Å². The van der Waals surface area contributed by atoms with Gasteiger partial charge < -0.3 is 20.5 Å². The molecule has 3 N–H and O–H groups in total. The summed E-state index contributed by atoms with van der Waals surface area (Å²) >= 11 is 4.93. The van der Waals surface area contributed by atoms with Crippen molar-refractivity contribution in [1.82, 2.24) is 4.98 Å². The molecule has 0 saturated carbocycles. The van der Waals surface area contributed by atoms with Gasteiger partial charge in [-0.2, -0.15) is 0 Å². The van der Waals surface area contributed by atoms with Crippen molar-refractivity contribution in [3.63, 3.8) is 0 Å². The van der Waals surface area contributed by atoms with E-state index in [0.29, 0.717) is 18.8 Å². The number of anilines is 1. The van der Waals surface area contributed by atoms with Crippen molar-refractivity contribution in [2.24, 2.45) is 5.73 Å². The number of nitrogens with two attached hydrogens (primary N) is 1. The normalized spacial score (nSPS) is 12.1. The van der Waals surface area contributed by atoms with Crippen LogP contribution in [-0.2, 0) is 9.47 Å². The highest BCUT2D eigenvalue weighted by molar-refractivity contribution is 7.80. The fraction of sp³-hybridized carbons (Fsp3) is 0.455. The van der Waals surface area contributed by atoms with Gasteiger partial charge in [0.1, 0.15) is 10.7 Å². The van der Waals surface area contributed by atoms with Gasteiger partial charge in [0.2, 0.25) is 0 Å². The van der Waals surface area contributed by atoms with Gasteiger partial charge in [-0.1, -0.05) is 12.2 Å². The second-order valence-corrected chi connectivity index (χ2v) is 3.90. The molecule has 6 heteroatoms. The van der Waals surface area contributed by atoms with Gasteiger partial charge in [-0.25, -0.2) is 0 Å². The van der Waals surface area contributed by atoms with E-state index in [2.05, 4.69) is 10.3 Å². The summed E-state index contributed by atoms with van der Waals surface area (Å²) in [5, 5.41) is 3.20. The zero-order chi connectivity index (χ0) is 12.7. The molecule has 0 aliphatic rings. The molecule has 0 radical (unpaired) electrons. The standard InChI is InChI=1S/C11H17N3O2S/c1-15-7-8(16-2)6-14-9-4-3-5-13-10(9)11(12)17/h3-5,8,14H,6-7H2,1-2H3,(H2,12,17). The topological polar surface area (TPSA) is 69.4 Å².